The van der Waals surface area contributed by atoms with E-state index in [1.54, 1.807) is 24.4 Å². The molecule has 6 nitrogen and oxygen atoms in total. The predicted molar refractivity (Wildman–Crippen MR) is 80.3 cm³/mol. The minimum absolute atomic E-state index is 0.0931. The van der Waals surface area contributed by atoms with Gasteiger partial charge in [-0.05, 0) is 19.1 Å². The van der Waals surface area contributed by atoms with E-state index in [0.717, 1.165) is 4.88 Å². The summed E-state index contributed by atoms with van der Waals surface area (Å²) in [7, 11) is 0. The first-order valence-electron chi connectivity index (χ1n) is 6.26. The molecule has 0 unspecified atom stereocenters. The topological polar surface area (TPSA) is 75.4 Å². The monoisotopic (exact) mass is 305 g/mol. The Kier molecular flexibility index (Phi) is 4.89. The van der Waals surface area contributed by atoms with Gasteiger partial charge >= 0.3 is 0 Å². The van der Waals surface area contributed by atoms with Gasteiger partial charge in [0.15, 0.2) is 10.9 Å². The first-order valence-corrected chi connectivity index (χ1v) is 7.07. The summed E-state index contributed by atoms with van der Waals surface area (Å²) >= 11 is 1.38. The summed E-state index contributed by atoms with van der Waals surface area (Å²) in [5, 5.41) is 3.18. The summed E-state index contributed by atoms with van der Waals surface area (Å²) in [6.45, 7) is 5.65. The second-order valence-corrected chi connectivity index (χ2v) is 5.51. The van der Waals surface area contributed by atoms with E-state index >= 15 is 0 Å². The van der Waals surface area contributed by atoms with Crippen molar-refractivity contribution in [3.05, 3.63) is 47.9 Å². The maximum atomic E-state index is 12.2. The Labute approximate surface area is 126 Å². The fraction of sp³-hybridized carbons (Fsp3) is 0.214. The number of anilines is 1. The average Bonchev–Trinajstić information content (AvgIpc) is 3.09. The zero-order valence-corrected chi connectivity index (χ0v) is 12.4. The number of furan rings is 1. The number of amides is 2. The molecule has 2 amide bonds. The van der Waals surface area contributed by atoms with E-state index in [2.05, 4.69) is 16.9 Å². The maximum absolute atomic E-state index is 12.2. The van der Waals surface area contributed by atoms with E-state index in [1.807, 2.05) is 6.92 Å². The molecule has 110 valence electrons. The number of nitrogens with one attached hydrogen (secondary N) is 1. The zero-order chi connectivity index (χ0) is 15.2. The molecule has 0 saturated carbocycles. The van der Waals surface area contributed by atoms with Crippen LogP contribution in [0.4, 0.5) is 5.13 Å². The predicted octanol–water partition coefficient (Wildman–Crippen LogP) is 2.31. The molecule has 0 saturated heterocycles. The van der Waals surface area contributed by atoms with Gasteiger partial charge in [-0.2, -0.15) is 0 Å². The molecule has 0 aliphatic carbocycles. The normalized spacial score (nSPS) is 10.1. The Hall–Kier alpha value is -2.41. The summed E-state index contributed by atoms with van der Waals surface area (Å²) in [4.78, 5) is 30.6. The van der Waals surface area contributed by atoms with Crippen LogP contribution in [0.2, 0.25) is 0 Å². The Bertz CT molecular complexity index is 634. The summed E-state index contributed by atoms with van der Waals surface area (Å²) < 4.78 is 5.06. The summed E-state index contributed by atoms with van der Waals surface area (Å²) in [6, 6.07) is 3.18. The molecule has 0 aliphatic heterocycles. The van der Waals surface area contributed by atoms with Gasteiger partial charge in [0.1, 0.15) is 6.54 Å². The standard InChI is InChI=1S/C14H15N3O3S/c1-3-6-17(13(19)11-5-4-7-20-11)9-12(18)16-14-15-8-10(2)21-14/h3-5,7-8H,1,6,9H2,2H3,(H,15,16,18). The van der Waals surface area contributed by atoms with Crippen LogP contribution >= 0.6 is 11.3 Å². The number of hydrogen-bond acceptors (Lipinski definition) is 5. The number of aryl methyl sites for hydroxylation is 1. The van der Waals surface area contributed by atoms with Crippen LogP contribution in [-0.2, 0) is 4.79 Å². The quantitative estimate of drug-likeness (QED) is 0.831. The van der Waals surface area contributed by atoms with Crippen LogP contribution in [0.15, 0.2) is 41.7 Å². The third-order valence-corrected chi connectivity index (χ3v) is 3.40. The molecule has 7 heteroatoms. The fourth-order valence-corrected chi connectivity index (χ4v) is 2.36. The number of hydrogen-bond donors (Lipinski definition) is 1. The molecule has 2 aromatic heterocycles. The van der Waals surface area contributed by atoms with E-state index in [1.165, 1.54) is 22.5 Å². The highest BCUT2D eigenvalue weighted by molar-refractivity contribution is 7.15. The number of carbonyl (C=O) groups is 2. The minimum Gasteiger partial charge on any atom is -0.459 e. The highest BCUT2D eigenvalue weighted by atomic mass is 32.1. The van der Waals surface area contributed by atoms with Crippen molar-refractivity contribution in [1.29, 1.82) is 0 Å². The second kappa shape index (κ2) is 6.85. The molecule has 0 spiro atoms. The number of aromatic nitrogens is 1. The van der Waals surface area contributed by atoms with Crippen molar-refractivity contribution in [3.63, 3.8) is 0 Å². The second-order valence-electron chi connectivity index (χ2n) is 4.28. The lowest BCUT2D eigenvalue weighted by Crippen LogP contribution is -2.38. The number of nitrogens with zero attached hydrogens (tertiary/aromatic N) is 2. The van der Waals surface area contributed by atoms with Crippen LogP contribution in [0, 0.1) is 6.92 Å². The zero-order valence-electron chi connectivity index (χ0n) is 11.5. The molecule has 0 bridgehead atoms. The first-order chi connectivity index (χ1) is 10.1. The van der Waals surface area contributed by atoms with Crippen LogP contribution in [0.25, 0.3) is 0 Å². The first kappa shape index (κ1) is 15.0. The van der Waals surface area contributed by atoms with E-state index in [4.69, 9.17) is 4.42 Å². The van der Waals surface area contributed by atoms with Crippen LogP contribution < -0.4 is 5.32 Å². The highest BCUT2D eigenvalue weighted by Gasteiger charge is 2.20. The van der Waals surface area contributed by atoms with Crippen molar-refractivity contribution < 1.29 is 14.0 Å². The van der Waals surface area contributed by atoms with Gasteiger partial charge in [-0.15, -0.1) is 17.9 Å². The minimum atomic E-state index is -0.356. The fourth-order valence-electron chi connectivity index (χ4n) is 1.68. The number of carbonyl (C=O) groups excluding carboxylic acids is 2. The third kappa shape index (κ3) is 4.03. The maximum Gasteiger partial charge on any atom is 0.290 e. The summed E-state index contributed by atoms with van der Waals surface area (Å²) in [5.41, 5.74) is 0. The highest BCUT2D eigenvalue weighted by Crippen LogP contribution is 2.16. The lowest BCUT2D eigenvalue weighted by atomic mass is 10.3. The van der Waals surface area contributed by atoms with E-state index in [-0.39, 0.29) is 30.7 Å². The molecule has 1 N–H and O–H groups in total. The molecule has 21 heavy (non-hydrogen) atoms. The van der Waals surface area contributed by atoms with Crippen molar-refractivity contribution in [3.8, 4) is 0 Å². The van der Waals surface area contributed by atoms with Gasteiger partial charge < -0.3 is 14.6 Å². The van der Waals surface area contributed by atoms with Crippen molar-refractivity contribution in [2.45, 2.75) is 6.92 Å². The van der Waals surface area contributed by atoms with Crippen LogP contribution in [-0.4, -0.2) is 34.8 Å². The molecular weight excluding hydrogens is 290 g/mol. The molecule has 0 fully saturated rings. The van der Waals surface area contributed by atoms with Gasteiger partial charge in [-0.1, -0.05) is 6.08 Å². The van der Waals surface area contributed by atoms with E-state index in [9.17, 15) is 9.59 Å². The molecular formula is C14H15N3O3S. The van der Waals surface area contributed by atoms with E-state index < -0.39 is 0 Å². The van der Waals surface area contributed by atoms with Gasteiger partial charge in [0.25, 0.3) is 5.91 Å². The Morgan fingerprint density at radius 1 is 1.57 bits per heavy atom. The molecule has 0 radical (unpaired) electrons. The largest absolute Gasteiger partial charge is 0.459 e. The summed E-state index contributed by atoms with van der Waals surface area (Å²) in [6.07, 6.45) is 4.65. The van der Waals surface area contributed by atoms with Crippen LogP contribution in [0.5, 0.6) is 0 Å². The Morgan fingerprint density at radius 2 is 2.38 bits per heavy atom. The van der Waals surface area contributed by atoms with Crippen molar-refractivity contribution in [2.75, 3.05) is 18.4 Å². The molecule has 2 aromatic rings. The number of thiazole rings is 1. The molecule has 0 aromatic carbocycles. The molecule has 0 aliphatic rings. The van der Waals surface area contributed by atoms with Crippen molar-refractivity contribution >= 4 is 28.3 Å². The number of rotatable bonds is 6. The van der Waals surface area contributed by atoms with Gasteiger partial charge in [0.05, 0.1) is 6.26 Å². The smallest absolute Gasteiger partial charge is 0.290 e. The Morgan fingerprint density at radius 3 is 2.95 bits per heavy atom. The third-order valence-electron chi connectivity index (χ3n) is 2.57. The average molecular weight is 305 g/mol. The van der Waals surface area contributed by atoms with E-state index in [0.29, 0.717) is 5.13 Å². The van der Waals surface area contributed by atoms with Crippen molar-refractivity contribution in [1.82, 2.24) is 9.88 Å². The van der Waals surface area contributed by atoms with Gasteiger partial charge in [0.2, 0.25) is 5.91 Å². The van der Waals surface area contributed by atoms with Gasteiger partial charge in [0, 0.05) is 17.6 Å². The molecule has 2 rings (SSSR count). The molecule has 0 atom stereocenters. The Balaban J connectivity index is 2.00. The molecule has 2 heterocycles. The van der Waals surface area contributed by atoms with Gasteiger partial charge in [-0.3, -0.25) is 9.59 Å². The van der Waals surface area contributed by atoms with Crippen LogP contribution in [0.3, 0.4) is 0 Å². The van der Waals surface area contributed by atoms with Gasteiger partial charge in [-0.25, -0.2) is 4.98 Å². The lowest BCUT2D eigenvalue weighted by Gasteiger charge is -2.18. The lowest BCUT2D eigenvalue weighted by molar-refractivity contribution is -0.116. The summed E-state index contributed by atoms with van der Waals surface area (Å²) in [5.74, 6) is -0.480. The van der Waals surface area contributed by atoms with Crippen molar-refractivity contribution in [2.24, 2.45) is 0 Å². The SMILES string of the molecule is C=CCN(CC(=O)Nc1ncc(C)s1)C(=O)c1ccco1. The van der Waals surface area contributed by atoms with Crippen LogP contribution in [0.1, 0.15) is 15.4 Å².